The van der Waals surface area contributed by atoms with Crippen molar-refractivity contribution in [2.75, 3.05) is 0 Å². The van der Waals surface area contributed by atoms with Gasteiger partial charge in [-0.25, -0.2) is 4.98 Å². The first-order valence-electron chi connectivity index (χ1n) is 9.84. The van der Waals surface area contributed by atoms with Gasteiger partial charge in [0.25, 0.3) is 0 Å². The molecule has 0 saturated heterocycles. The maximum absolute atomic E-state index is 5.24. The summed E-state index contributed by atoms with van der Waals surface area (Å²) in [6.45, 7) is 0. The summed E-state index contributed by atoms with van der Waals surface area (Å²) in [4.78, 5) is 5.24. The molecule has 0 amide bonds. The van der Waals surface area contributed by atoms with Crippen LogP contribution in [0.2, 0.25) is 0 Å². The molecule has 4 bridgehead atoms. The molecule has 4 saturated carbocycles. The second-order valence-electron chi connectivity index (χ2n) is 8.79. The molecule has 2 heteroatoms. The Labute approximate surface area is 148 Å². The first kappa shape index (κ1) is 14.1. The van der Waals surface area contributed by atoms with Gasteiger partial charge >= 0.3 is 0 Å². The van der Waals surface area contributed by atoms with Crippen LogP contribution in [0.25, 0.3) is 16.7 Å². The Morgan fingerprint density at radius 1 is 0.760 bits per heavy atom. The van der Waals surface area contributed by atoms with Crippen LogP contribution in [0.4, 0.5) is 0 Å². The van der Waals surface area contributed by atoms with Crippen molar-refractivity contribution in [2.45, 2.75) is 43.9 Å². The van der Waals surface area contributed by atoms with Gasteiger partial charge in [-0.2, -0.15) is 0 Å². The zero-order chi connectivity index (χ0) is 16.4. The summed E-state index contributed by atoms with van der Waals surface area (Å²) in [5, 5.41) is 0. The van der Waals surface area contributed by atoms with Crippen LogP contribution in [0.15, 0.2) is 54.6 Å². The third kappa shape index (κ3) is 2.00. The third-order valence-corrected chi connectivity index (χ3v) is 7.09. The second-order valence-corrected chi connectivity index (χ2v) is 8.79. The molecule has 4 aliphatic carbocycles. The summed E-state index contributed by atoms with van der Waals surface area (Å²) in [5.74, 6) is 4.17. The SMILES string of the molecule is c1ccc(-n2c(C34CC5CC(CC(C5)C3)C4)nc3ccccc32)cc1. The lowest BCUT2D eigenvalue weighted by atomic mass is 9.49. The van der Waals surface area contributed by atoms with Gasteiger partial charge in [-0.3, -0.25) is 4.57 Å². The Morgan fingerprint density at radius 2 is 1.36 bits per heavy atom. The zero-order valence-corrected chi connectivity index (χ0v) is 14.6. The molecule has 4 aliphatic rings. The predicted octanol–water partition coefficient (Wildman–Crippen LogP) is 5.49. The fourth-order valence-corrected chi connectivity index (χ4v) is 6.60. The molecule has 1 heterocycles. The van der Waals surface area contributed by atoms with Gasteiger partial charge in [0, 0.05) is 11.1 Å². The quantitative estimate of drug-likeness (QED) is 0.608. The van der Waals surface area contributed by atoms with E-state index in [1.165, 1.54) is 55.6 Å². The Kier molecular flexibility index (Phi) is 2.81. The van der Waals surface area contributed by atoms with Crippen molar-refractivity contribution in [3.05, 3.63) is 60.4 Å². The van der Waals surface area contributed by atoms with Crippen molar-refractivity contribution in [1.82, 2.24) is 9.55 Å². The molecule has 2 aromatic carbocycles. The van der Waals surface area contributed by atoms with Crippen LogP contribution in [-0.2, 0) is 5.41 Å². The topological polar surface area (TPSA) is 17.8 Å². The van der Waals surface area contributed by atoms with Gasteiger partial charge in [0.05, 0.1) is 11.0 Å². The molecule has 0 N–H and O–H groups in total. The highest BCUT2D eigenvalue weighted by molar-refractivity contribution is 5.78. The Balaban J connectivity index is 1.61. The second kappa shape index (κ2) is 4.97. The van der Waals surface area contributed by atoms with Crippen molar-refractivity contribution >= 4 is 11.0 Å². The van der Waals surface area contributed by atoms with E-state index in [-0.39, 0.29) is 0 Å². The number of aromatic nitrogens is 2. The van der Waals surface area contributed by atoms with Crippen LogP contribution in [0.5, 0.6) is 0 Å². The molecule has 0 radical (unpaired) electrons. The fraction of sp³-hybridized carbons (Fsp3) is 0.435. The molecule has 0 unspecified atom stereocenters. The molecule has 0 atom stereocenters. The molecule has 7 rings (SSSR count). The highest BCUT2D eigenvalue weighted by Gasteiger charge is 2.53. The van der Waals surface area contributed by atoms with Gasteiger partial charge in [0.1, 0.15) is 5.82 Å². The first-order chi connectivity index (χ1) is 12.3. The fourth-order valence-electron chi connectivity index (χ4n) is 6.60. The number of hydrogen-bond acceptors (Lipinski definition) is 1. The Bertz CT molecular complexity index is 902. The minimum absolute atomic E-state index is 0.309. The molecule has 1 aromatic heterocycles. The molecular formula is C23H24N2. The minimum atomic E-state index is 0.309. The lowest BCUT2D eigenvalue weighted by molar-refractivity contribution is -0.00982. The summed E-state index contributed by atoms with van der Waals surface area (Å²) < 4.78 is 2.47. The average Bonchev–Trinajstić information content (AvgIpc) is 3.02. The van der Waals surface area contributed by atoms with Crippen LogP contribution in [0.3, 0.4) is 0 Å². The van der Waals surface area contributed by atoms with Crippen molar-refractivity contribution < 1.29 is 0 Å². The predicted molar refractivity (Wildman–Crippen MR) is 101 cm³/mol. The normalized spacial score (nSPS) is 33.2. The van der Waals surface area contributed by atoms with Gasteiger partial charge < -0.3 is 0 Å². The van der Waals surface area contributed by atoms with E-state index in [4.69, 9.17) is 4.98 Å². The highest BCUT2D eigenvalue weighted by atomic mass is 15.1. The van der Waals surface area contributed by atoms with Gasteiger partial charge in [-0.1, -0.05) is 30.3 Å². The molecule has 0 aliphatic heterocycles. The number of nitrogens with zero attached hydrogens (tertiary/aromatic N) is 2. The van der Waals surface area contributed by atoms with E-state index < -0.39 is 0 Å². The molecular weight excluding hydrogens is 304 g/mol. The van der Waals surface area contributed by atoms with Crippen LogP contribution >= 0.6 is 0 Å². The molecule has 3 aromatic rings. The zero-order valence-electron chi connectivity index (χ0n) is 14.6. The maximum atomic E-state index is 5.24. The number of para-hydroxylation sites is 3. The summed E-state index contributed by atoms with van der Waals surface area (Å²) in [6.07, 6.45) is 8.50. The summed E-state index contributed by atoms with van der Waals surface area (Å²) in [7, 11) is 0. The molecule has 126 valence electrons. The number of rotatable bonds is 2. The minimum Gasteiger partial charge on any atom is -0.296 e. The van der Waals surface area contributed by atoms with E-state index in [2.05, 4.69) is 59.2 Å². The van der Waals surface area contributed by atoms with E-state index in [0.29, 0.717) is 5.41 Å². The van der Waals surface area contributed by atoms with Gasteiger partial charge in [0.2, 0.25) is 0 Å². The molecule has 0 spiro atoms. The Hall–Kier alpha value is -2.09. The molecule has 4 fully saturated rings. The Morgan fingerprint density at radius 3 is 2.04 bits per heavy atom. The lowest BCUT2D eigenvalue weighted by Gasteiger charge is -2.56. The van der Waals surface area contributed by atoms with Gasteiger partial charge in [-0.15, -0.1) is 0 Å². The smallest absolute Gasteiger partial charge is 0.120 e. The van der Waals surface area contributed by atoms with E-state index in [1.54, 1.807) is 0 Å². The van der Waals surface area contributed by atoms with E-state index in [9.17, 15) is 0 Å². The van der Waals surface area contributed by atoms with Gasteiger partial charge in [0.15, 0.2) is 0 Å². The average molecular weight is 328 g/mol. The molecule has 25 heavy (non-hydrogen) atoms. The maximum Gasteiger partial charge on any atom is 0.120 e. The first-order valence-corrected chi connectivity index (χ1v) is 9.84. The number of fused-ring (bicyclic) bond motifs is 1. The van der Waals surface area contributed by atoms with Crippen LogP contribution in [-0.4, -0.2) is 9.55 Å². The summed E-state index contributed by atoms with van der Waals surface area (Å²) in [5.41, 5.74) is 3.99. The van der Waals surface area contributed by atoms with Crippen molar-refractivity contribution in [1.29, 1.82) is 0 Å². The number of imidazole rings is 1. The van der Waals surface area contributed by atoms with Crippen molar-refractivity contribution in [3.8, 4) is 5.69 Å². The van der Waals surface area contributed by atoms with Crippen LogP contribution in [0, 0.1) is 17.8 Å². The standard InChI is InChI=1S/C23H24N2/c1-2-6-19(7-3-1)25-21-9-5-4-8-20(21)24-22(25)23-13-16-10-17(14-23)12-18(11-16)15-23/h1-9,16-18H,10-15H2. The van der Waals surface area contributed by atoms with E-state index in [1.807, 2.05) is 0 Å². The van der Waals surface area contributed by atoms with Crippen molar-refractivity contribution in [3.63, 3.8) is 0 Å². The number of benzene rings is 2. The third-order valence-electron chi connectivity index (χ3n) is 7.09. The van der Waals surface area contributed by atoms with Crippen LogP contribution in [0.1, 0.15) is 44.3 Å². The summed E-state index contributed by atoms with van der Waals surface area (Å²) in [6, 6.07) is 19.5. The summed E-state index contributed by atoms with van der Waals surface area (Å²) >= 11 is 0. The van der Waals surface area contributed by atoms with E-state index >= 15 is 0 Å². The van der Waals surface area contributed by atoms with Crippen LogP contribution < -0.4 is 0 Å². The highest BCUT2D eigenvalue weighted by Crippen LogP contribution is 2.60. The van der Waals surface area contributed by atoms with Gasteiger partial charge in [-0.05, 0) is 80.5 Å². The van der Waals surface area contributed by atoms with E-state index in [0.717, 1.165) is 23.3 Å². The number of hydrogen-bond donors (Lipinski definition) is 0. The lowest BCUT2D eigenvalue weighted by Crippen LogP contribution is -2.49. The molecule has 2 nitrogen and oxygen atoms in total. The monoisotopic (exact) mass is 328 g/mol. The van der Waals surface area contributed by atoms with Crippen molar-refractivity contribution in [2.24, 2.45) is 17.8 Å². The largest absolute Gasteiger partial charge is 0.296 e.